The van der Waals surface area contributed by atoms with Crippen molar-refractivity contribution >= 4 is 5.91 Å². The van der Waals surface area contributed by atoms with Crippen molar-refractivity contribution in [2.24, 2.45) is 0 Å². The molecule has 20 heavy (non-hydrogen) atoms. The molecule has 0 aliphatic heterocycles. The van der Waals surface area contributed by atoms with Crippen LogP contribution in [0.15, 0.2) is 47.3 Å². The van der Waals surface area contributed by atoms with E-state index in [1.165, 1.54) is 25.7 Å². The molecule has 1 N–H and O–H groups in total. The van der Waals surface area contributed by atoms with Gasteiger partial charge in [-0.25, -0.2) is 4.39 Å². The maximum atomic E-state index is 13.9. The van der Waals surface area contributed by atoms with Crippen molar-refractivity contribution in [2.75, 3.05) is 13.7 Å². The van der Waals surface area contributed by atoms with Gasteiger partial charge in [0.1, 0.15) is 17.7 Å². The number of rotatable bonds is 5. The minimum atomic E-state index is -0.940. The number of amides is 1. The van der Waals surface area contributed by atoms with E-state index < -0.39 is 5.60 Å². The molecule has 0 aliphatic rings. The van der Waals surface area contributed by atoms with Crippen LogP contribution in [0, 0.1) is 5.82 Å². The molecule has 0 aliphatic carbocycles. The second-order valence-electron chi connectivity index (χ2n) is 4.61. The Kier molecular flexibility index (Phi) is 4.20. The highest BCUT2D eigenvalue weighted by Gasteiger charge is 2.29. The summed E-state index contributed by atoms with van der Waals surface area (Å²) in [7, 11) is 1.48. The summed E-state index contributed by atoms with van der Waals surface area (Å²) in [5.41, 5.74) is -0.128. The Morgan fingerprint density at radius 3 is 2.75 bits per heavy atom. The fourth-order valence-corrected chi connectivity index (χ4v) is 1.91. The second-order valence-corrected chi connectivity index (χ2v) is 4.61. The van der Waals surface area contributed by atoms with Crippen LogP contribution in [0.3, 0.4) is 0 Å². The molecule has 0 bridgehead atoms. The molecule has 1 atom stereocenters. The number of halogens is 1. The number of benzene rings is 1. The number of hydrogen-bond donors (Lipinski definition) is 1. The number of furan rings is 1. The lowest BCUT2D eigenvalue weighted by molar-refractivity contribution is 0.000383. The highest BCUT2D eigenvalue weighted by molar-refractivity contribution is 5.93. The monoisotopic (exact) mass is 277 g/mol. The summed E-state index contributed by atoms with van der Waals surface area (Å²) in [6, 6.07) is 7.91. The topological polar surface area (TPSA) is 51.5 Å². The minimum absolute atomic E-state index is 0.147. The van der Waals surface area contributed by atoms with Gasteiger partial charge in [-0.2, -0.15) is 0 Å². The van der Waals surface area contributed by atoms with E-state index in [1.54, 1.807) is 31.2 Å². The maximum Gasteiger partial charge on any atom is 0.254 e. The molecule has 2 aromatic rings. The zero-order chi connectivity index (χ0) is 14.6. The Bertz CT molecular complexity index is 583. The number of ether oxygens (including phenoxy) is 1. The van der Waals surface area contributed by atoms with Gasteiger partial charge in [0.05, 0.1) is 18.4 Å². The number of nitrogens with one attached hydrogen (secondary N) is 1. The van der Waals surface area contributed by atoms with Gasteiger partial charge >= 0.3 is 0 Å². The van der Waals surface area contributed by atoms with Gasteiger partial charge in [-0.15, -0.1) is 0 Å². The van der Waals surface area contributed by atoms with Crippen LogP contribution in [0.4, 0.5) is 4.39 Å². The summed E-state index contributed by atoms with van der Waals surface area (Å²) >= 11 is 0. The van der Waals surface area contributed by atoms with E-state index in [0.29, 0.717) is 11.1 Å². The SMILES string of the molecule is COC(C)(CNC(=O)c1ccoc1)c1ccccc1F. The largest absolute Gasteiger partial charge is 0.472 e. The first-order chi connectivity index (χ1) is 9.57. The van der Waals surface area contributed by atoms with Crippen LogP contribution in [0.25, 0.3) is 0 Å². The normalized spacial score (nSPS) is 13.8. The Balaban J connectivity index is 2.12. The van der Waals surface area contributed by atoms with Crippen LogP contribution in [0.1, 0.15) is 22.8 Å². The van der Waals surface area contributed by atoms with Crippen molar-refractivity contribution in [2.45, 2.75) is 12.5 Å². The van der Waals surface area contributed by atoms with E-state index in [-0.39, 0.29) is 18.3 Å². The van der Waals surface area contributed by atoms with Crippen LogP contribution in [0.2, 0.25) is 0 Å². The predicted octanol–water partition coefficient (Wildman–Crippen LogP) is 2.71. The van der Waals surface area contributed by atoms with Gasteiger partial charge in [-0.1, -0.05) is 18.2 Å². The van der Waals surface area contributed by atoms with Gasteiger partial charge in [-0.3, -0.25) is 4.79 Å². The van der Waals surface area contributed by atoms with Crippen LogP contribution >= 0.6 is 0 Å². The zero-order valence-electron chi connectivity index (χ0n) is 11.4. The van der Waals surface area contributed by atoms with Gasteiger partial charge < -0.3 is 14.5 Å². The quantitative estimate of drug-likeness (QED) is 0.914. The molecule has 1 aromatic carbocycles. The van der Waals surface area contributed by atoms with Crippen molar-refractivity contribution in [1.29, 1.82) is 0 Å². The van der Waals surface area contributed by atoms with Crippen LogP contribution < -0.4 is 5.32 Å². The number of methoxy groups -OCH3 is 1. The molecular formula is C15H16FNO3. The first-order valence-electron chi connectivity index (χ1n) is 6.17. The third kappa shape index (κ3) is 2.88. The van der Waals surface area contributed by atoms with Gasteiger partial charge in [0.2, 0.25) is 0 Å². The summed E-state index contributed by atoms with van der Waals surface area (Å²) in [6.45, 7) is 1.87. The van der Waals surface area contributed by atoms with Crippen molar-refractivity contribution < 1.29 is 18.3 Å². The standard InChI is InChI=1S/C15H16FNO3/c1-15(19-2,12-5-3-4-6-13(12)16)10-17-14(18)11-7-8-20-9-11/h3-9H,10H2,1-2H3,(H,17,18). The average molecular weight is 277 g/mol. The molecular weight excluding hydrogens is 261 g/mol. The molecule has 0 radical (unpaired) electrons. The second kappa shape index (κ2) is 5.88. The van der Waals surface area contributed by atoms with Gasteiger partial charge in [0, 0.05) is 12.7 Å². The summed E-state index contributed by atoms with van der Waals surface area (Å²) in [5.74, 6) is -0.659. The van der Waals surface area contributed by atoms with Crippen molar-refractivity contribution in [3.8, 4) is 0 Å². The first kappa shape index (κ1) is 14.3. The summed E-state index contributed by atoms with van der Waals surface area (Å²) in [4.78, 5) is 11.9. The molecule has 1 heterocycles. The van der Waals surface area contributed by atoms with E-state index in [1.807, 2.05) is 0 Å². The van der Waals surface area contributed by atoms with E-state index >= 15 is 0 Å². The Hall–Kier alpha value is -2.14. The van der Waals surface area contributed by atoms with Crippen LogP contribution in [0.5, 0.6) is 0 Å². The average Bonchev–Trinajstić information content (AvgIpc) is 2.99. The van der Waals surface area contributed by atoms with Crippen LogP contribution in [-0.2, 0) is 10.3 Å². The lowest BCUT2D eigenvalue weighted by Crippen LogP contribution is -2.40. The maximum absolute atomic E-state index is 13.9. The van der Waals surface area contributed by atoms with E-state index in [0.717, 1.165) is 0 Å². The van der Waals surface area contributed by atoms with Crippen molar-refractivity contribution in [3.05, 3.63) is 59.8 Å². The highest BCUT2D eigenvalue weighted by atomic mass is 19.1. The molecule has 4 nitrogen and oxygen atoms in total. The Morgan fingerprint density at radius 2 is 2.15 bits per heavy atom. The van der Waals surface area contributed by atoms with Gasteiger partial charge in [-0.05, 0) is 19.1 Å². The molecule has 0 fully saturated rings. The summed E-state index contributed by atoms with van der Waals surface area (Å²) < 4.78 is 24.1. The number of carbonyl (C=O) groups is 1. The molecule has 1 amide bonds. The smallest absolute Gasteiger partial charge is 0.254 e. The van der Waals surface area contributed by atoms with Crippen LogP contribution in [-0.4, -0.2) is 19.6 Å². The number of hydrogen-bond acceptors (Lipinski definition) is 3. The third-order valence-electron chi connectivity index (χ3n) is 3.26. The highest BCUT2D eigenvalue weighted by Crippen LogP contribution is 2.26. The molecule has 0 saturated heterocycles. The van der Waals surface area contributed by atoms with Gasteiger partial charge in [0.25, 0.3) is 5.91 Å². The fourth-order valence-electron chi connectivity index (χ4n) is 1.91. The van der Waals surface area contributed by atoms with Crippen molar-refractivity contribution in [1.82, 2.24) is 5.32 Å². The lowest BCUT2D eigenvalue weighted by atomic mass is 9.95. The van der Waals surface area contributed by atoms with E-state index in [2.05, 4.69) is 5.32 Å². The zero-order valence-corrected chi connectivity index (χ0v) is 11.4. The number of carbonyl (C=O) groups excluding carboxylic acids is 1. The molecule has 5 heteroatoms. The fraction of sp³-hybridized carbons (Fsp3) is 0.267. The predicted molar refractivity (Wildman–Crippen MR) is 71.8 cm³/mol. The molecule has 106 valence electrons. The molecule has 1 unspecified atom stereocenters. The van der Waals surface area contributed by atoms with Gasteiger partial charge in [0.15, 0.2) is 0 Å². The van der Waals surface area contributed by atoms with Crippen molar-refractivity contribution in [3.63, 3.8) is 0 Å². The molecule has 1 aromatic heterocycles. The summed E-state index contributed by atoms with van der Waals surface area (Å²) in [6.07, 6.45) is 2.77. The van der Waals surface area contributed by atoms with E-state index in [4.69, 9.17) is 9.15 Å². The molecule has 0 spiro atoms. The Labute approximate surface area is 116 Å². The van der Waals surface area contributed by atoms with E-state index in [9.17, 15) is 9.18 Å². The Morgan fingerprint density at radius 1 is 1.40 bits per heavy atom. The molecule has 2 rings (SSSR count). The first-order valence-corrected chi connectivity index (χ1v) is 6.17. The lowest BCUT2D eigenvalue weighted by Gasteiger charge is -2.29. The third-order valence-corrected chi connectivity index (χ3v) is 3.26. The molecule has 0 saturated carbocycles. The summed E-state index contributed by atoms with van der Waals surface area (Å²) in [5, 5.41) is 2.71. The minimum Gasteiger partial charge on any atom is -0.472 e.